The second-order valence-electron chi connectivity index (χ2n) is 32.0. The molecule has 0 fully saturated rings. The molecular formula is C114H78B3N5Se. The van der Waals surface area contributed by atoms with E-state index >= 15 is 0 Å². The number of hydrogen-bond acceptors (Lipinski definition) is 3. The van der Waals surface area contributed by atoms with E-state index in [0.717, 1.165) is 11.4 Å². The van der Waals surface area contributed by atoms with Crippen LogP contribution in [0.1, 0.15) is 0 Å². The van der Waals surface area contributed by atoms with Crippen molar-refractivity contribution in [2.24, 2.45) is 0 Å². The van der Waals surface area contributed by atoms with Crippen LogP contribution < -0.4 is 63.9 Å². The molecule has 3 aliphatic rings. The first-order chi connectivity index (χ1) is 61.1. The van der Waals surface area contributed by atoms with Crippen LogP contribution in [-0.2, 0) is 0 Å². The fourth-order valence-electron chi connectivity index (χ4n) is 20.0. The third-order valence-corrected chi connectivity index (χ3v) is 27.7. The van der Waals surface area contributed by atoms with Crippen LogP contribution in [0.2, 0.25) is 0 Å². The molecule has 123 heavy (non-hydrogen) atoms. The fourth-order valence-corrected chi connectivity index (χ4v) is 22.3. The SMILES string of the molecule is c1ccc(-c2cccc(-c3ccccc3)c2B2c3ccccc3N(c3ccc(-n4c5ccccc5c5ccccc54)cc3)c3ccccc32)cc1.c1ccc(N2c3ccccc3B(c3ccc(-n4c5ccccc5c5ccccc54)cc3)c3ccccc32)cc1.c1ccc(N2c3ccccc3B(c3ccc4[se]c5ccccc5c4c3)c3ccccc32)cc1. The molecule has 0 saturated carbocycles. The molecule has 0 N–H and O–H groups in total. The van der Waals surface area contributed by atoms with Crippen LogP contribution >= 0.6 is 0 Å². The number of hydrogen-bond donors (Lipinski definition) is 0. The van der Waals surface area contributed by atoms with E-state index in [9.17, 15) is 0 Å². The van der Waals surface area contributed by atoms with Gasteiger partial charge in [0.15, 0.2) is 0 Å². The van der Waals surface area contributed by atoms with Crippen molar-refractivity contribution in [2.45, 2.75) is 0 Å². The summed E-state index contributed by atoms with van der Waals surface area (Å²) in [5.41, 5.74) is 35.1. The average Bonchev–Trinajstić information content (AvgIpc) is 1.57. The normalized spacial score (nSPS) is 12.5. The summed E-state index contributed by atoms with van der Waals surface area (Å²) < 4.78 is 7.76. The second-order valence-corrected chi connectivity index (χ2v) is 34.3. The Hall–Kier alpha value is -15.1. The van der Waals surface area contributed by atoms with E-state index in [1.54, 1.807) is 0 Å². The van der Waals surface area contributed by atoms with E-state index in [1.165, 1.54) is 186 Å². The summed E-state index contributed by atoms with van der Waals surface area (Å²) >= 11 is 0.400. The topological polar surface area (TPSA) is 19.6 Å². The van der Waals surface area contributed by atoms with E-state index in [1.807, 2.05) is 0 Å². The van der Waals surface area contributed by atoms with Crippen molar-refractivity contribution in [1.82, 2.24) is 9.13 Å². The van der Waals surface area contributed by atoms with Gasteiger partial charge >= 0.3 is 200 Å². The zero-order chi connectivity index (χ0) is 81.3. The van der Waals surface area contributed by atoms with E-state index < -0.39 is 0 Å². The van der Waals surface area contributed by atoms with Gasteiger partial charge in [0.25, 0.3) is 0 Å². The van der Waals surface area contributed by atoms with Crippen molar-refractivity contribution in [3.05, 3.63) is 473 Å². The maximum atomic E-state index is 2.46. The second kappa shape index (κ2) is 31.2. The van der Waals surface area contributed by atoms with E-state index in [2.05, 4.69) is 497 Å². The zero-order valence-corrected chi connectivity index (χ0v) is 69.1. The van der Waals surface area contributed by atoms with E-state index in [0.29, 0.717) is 14.5 Å². The number of nitrogens with zero attached hydrogens (tertiary/aromatic N) is 5. The van der Waals surface area contributed by atoms with Crippen molar-refractivity contribution in [3.63, 3.8) is 0 Å². The number of para-hydroxylation sites is 12. The third-order valence-electron chi connectivity index (χ3n) is 25.3. The standard InChI is InChI=1S/C48H33BN2.C36H25BN2.C30H20BNSe/c1-3-16-34(17-4-1)38-22-15-23-39(35-18-5-2-6-19-35)48(38)49-42-24-9-13-28-46(42)51(47-29-14-10-25-43(47)49)37-32-30-36(31-33-37)50-44-26-11-7-20-40(44)41-21-8-12-27-45(41)50;1-2-12-27(13-3-1)39-35-20-10-6-16-31(35)37(32-17-7-11-21-36(32)39)26-22-24-28(25-23-26)38-33-18-8-4-14-29(33)30-15-5-9-19-34(30)38;1-2-10-22(11-3-1)32-27-15-7-5-13-25(27)31(26-14-6-8-16-28(26)32)21-18-19-30-24(20-21)23-12-4-9-17-29(23)33-30/h1-33H;1-25H;1-20H. The first kappa shape index (κ1) is 73.1. The molecule has 0 unspecified atom stereocenters. The van der Waals surface area contributed by atoms with Crippen LogP contribution in [0.3, 0.4) is 0 Å². The molecule has 22 aromatic rings. The molecule has 3 aromatic heterocycles. The Labute approximate surface area is 723 Å². The predicted molar refractivity (Wildman–Crippen MR) is 528 cm³/mol. The maximum absolute atomic E-state index is 2.46. The summed E-state index contributed by atoms with van der Waals surface area (Å²) in [5, 5.41) is 7.95. The molecule has 5 nitrogen and oxygen atoms in total. The summed E-state index contributed by atoms with van der Waals surface area (Å²) in [5.74, 6) is 0. The van der Waals surface area contributed by atoms with Crippen molar-refractivity contribution >= 4 is 198 Å². The molecule has 19 aromatic carbocycles. The van der Waals surface area contributed by atoms with Gasteiger partial charge < -0.3 is 18.9 Å². The number of rotatable bonds is 10. The quantitative estimate of drug-likeness (QED) is 0.127. The van der Waals surface area contributed by atoms with Crippen molar-refractivity contribution in [3.8, 4) is 33.6 Å². The van der Waals surface area contributed by atoms with Gasteiger partial charge in [0, 0.05) is 67.0 Å². The van der Waals surface area contributed by atoms with E-state index in [4.69, 9.17) is 0 Å². The number of benzene rings is 19. The molecular weight excluding hydrogens is 1550 g/mol. The summed E-state index contributed by atoms with van der Waals surface area (Å²) in [4.78, 5) is 7.25. The third kappa shape index (κ3) is 12.7. The van der Waals surface area contributed by atoms with Crippen molar-refractivity contribution in [1.29, 1.82) is 0 Å². The van der Waals surface area contributed by atoms with Gasteiger partial charge in [0.2, 0.25) is 13.4 Å². The monoisotopic (exact) mass is 1630 g/mol. The molecule has 0 aliphatic carbocycles. The van der Waals surface area contributed by atoms with E-state index in [-0.39, 0.29) is 20.1 Å². The average molecular weight is 1630 g/mol. The van der Waals surface area contributed by atoms with Gasteiger partial charge in [-0.25, -0.2) is 0 Å². The molecule has 0 spiro atoms. The minimum absolute atomic E-state index is 0.0251. The van der Waals surface area contributed by atoms with Gasteiger partial charge in [-0.1, -0.05) is 266 Å². The first-order valence-corrected chi connectivity index (χ1v) is 44.2. The number of fused-ring (bicyclic) bond motifs is 15. The number of aromatic nitrogens is 2. The van der Waals surface area contributed by atoms with Gasteiger partial charge in [0.1, 0.15) is 0 Å². The van der Waals surface area contributed by atoms with Crippen LogP contribution in [0.5, 0.6) is 0 Å². The summed E-state index contributed by atoms with van der Waals surface area (Å²) in [6, 6.07) is 172. The van der Waals surface area contributed by atoms with Gasteiger partial charge in [-0.2, -0.15) is 0 Å². The molecule has 0 saturated heterocycles. The molecule has 3 aliphatic heterocycles. The van der Waals surface area contributed by atoms with Crippen LogP contribution in [0.15, 0.2) is 473 Å². The molecule has 0 bridgehead atoms. The van der Waals surface area contributed by atoms with Crippen LogP contribution in [0, 0.1) is 0 Å². The Morgan fingerprint density at radius 2 is 0.455 bits per heavy atom. The first-order valence-electron chi connectivity index (χ1n) is 42.5. The molecule has 0 amide bonds. The van der Waals surface area contributed by atoms with Crippen LogP contribution in [0.4, 0.5) is 51.2 Å². The Bertz CT molecular complexity index is 7430. The Morgan fingerprint density at radius 3 is 0.846 bits per heavy atom. The van der Waals surface area contributed by atoms with Gasteiger partial charge in [-0.05, 0) is 141 Å². The van der Waals surface area contributed by atoms with Gasteiger partial charge in [-0.15, -0.1) is 0 Å². The van der Waals surface area contributed by atoms with Crippen LogP contribution in [0.25, 0.3) is 96.5 Å². The Kier molecular flexibility index (Phi) is 18.6. The zero-order valence-electron chi connectivity index (χ0n) is 67.4. The molecule has 0 radical (unpaired) electrons. The molecule has 9 heteroatoms. The predicted octanol–water partition coefficient (Wildman–Crippen LogP) is 22.8. The van der Waals surface area contributed by atoms with Gasteiger partial charge in [-0.3, -0.25) is 0 Å². The summed E-state index contributed by atoms with van der Waals surface area (Å²) in [6.45, 7) is 0.393. The van der Waals surface area contributed by atoms with Crippen molar-refractivity contribution < 1.29 is 0 Å². The summed E-state index contributed by atoms with van der Waals surface area (Å²) in [6.07, 6.45) is 0. The molecule has 574 valence electrons. The number of anilines is 9. The fraction of sp³-hybridized carbons (Fsp3) is 0. The van der Waals surface area contributed by atoms with Crippen molar-refractivity contribution in [2.75, 3.05) is 14.7 Å². The minimum atomic E-state index is 0.0251. The van der Waals surface area contributed by atoms with Crippen LogP contribution in [-0.4, -0.2) is 43.8 Å². The molecule has 6 heterocycles. The molecule has 0 atom stereocenters. The van der Waals surface area contributed by atoms with Gasteiger partial charge in [0.05, 0.1) is 22.1 Å². The Morgan fingerprint density at radius 1 is 0.179 bits per heavy atom. The molecule has 25 rings (SSSR count). The Balaban J connectivity index is 0.000000110. The summed E-state index contributed by atoms with van der Waals surface area (Å²) in [7, 11) is 0.